The third-order valence-corrected chi connectivity index (χ3v) is 6.14. The molecule has 0 bridgehead atoms. The monoisotopic (exact) mass is 428 g/mol. The van der Waals surface area contributed by atoms with Crippen molar-refractivity contribution >= 4 is 11.8 Å². The van der Waals surface area contributed by atoms with E-state index < -0.39 is 5.41 Å². The fraction of sp³-hybridized carbons (Fsp3) is 0.308. The van der Waals surface area contributed by atoms with E-state index in [1.54, 1.807) is 30.1 Å². The average Bonchev–Trinajstić information content (AvgIpc) is 2.84. The maximum Gasteiger partial charge on any atom is 0.274 e. The summed E-state index contributed by atoms with van der Waals surface area (Å²) in [6.45, 7) is 0.973. The van der Waals surface area contributed by atoms with Crippen LogP contribution in [-0.2, 0) is 11.2 Å². The molecule has 1 atom stereocenters. The third kappa shape index (κ3) is 4.40. The number of benzene rings is 2. The standard InChI is InChI=1S/C26H28N4O2/c1-29(2)25(32)26(13-8-16-30(19-26)24(31)23-18-27-14-15-28-23)17-21-11-6-7-12-22(21)20-9-4-3-5-10-20/h3-7,9-12,14-15,18H,8,13,16-17,19H2,1-2H3/t26-/m0/s1. The minimum Gasteiger partial charge on any atom is -0.348 e. The minimum absolute atomic E-state index is 0.0528. The van der Waals surface area contributed by atoms with Crippen molar-refractivity contribution in [3.8, 4) is 11.1 Å². The Hall–Kier alpha value is -3.54. The molecule has 1 aliphatic rings. The van der Waals surface area contributed by atoms with Gasteiger partial charge in [0.25, 0.3) is 5.91 Å². The van der Waals surface area contributed by atoms with Crippen LogP contribution < -0.4 is 0 Å². The highest BCUT2D eigenvalue weighted by atomic mass is 16.2. The Morgan fingerprint density at radius 1 is 1.03 bits per heavy atom. The normalized spacial score (nSPS) is 18.2. The fourth-order valence-electron chi connectivity index (χ4n) is 4.68. The van der Waals surface area contributed by atoms with Crippen LogP contribution in [0.25, 0.3) is 11.1 Å². The van der Waals surface area contributed by atoms with Crippen LogP contribution in [0.15, 0.2) is 73.2 Å². The maximum absolute atomic E-state index is 13.5. The largest absolute Gasteiger partial charge is 0.348 e. The molecule has 2 heterocycles. The van der Waals surface area contributed by atoms with Gasteiger partial charge in [0.1, 0.15) is 5.69 Å². The van der Waals surface area contributed by atoms with Crippen molar-refractivity contribution in [3.05, 3.63) is 84.4 Å². The number of amides is 2. The molecule has 0 radical (unpaired) electrons. The smallest absolute Gasteiger partial charge is 0.274 e. The number of hydrogen-bond donors (Lipinski definition) is 0. The molecule has 2 aromatic carbocycles. The number of piperidine rings is 1. The molecular weight excluding hydrogens is 400 g/mol. The summed E-state index contributed by atoms with van der Waals surface area (Å²) in [6.07, 6.45) is 6.62. The molecule has 2 amide bonds. The number of hydrogen-bond acceptors (Lipinski definition) is 4. The van der Waals surface area contributed by atoms with Crippen LogP contribution in [0.2, 0.25) is 0 Å². The van der Waals surface area contributed by atoms with Crippen molar-refractivity contribution in [2.45, 2.75) is 19.3 Å². The van der Waals surface area contributed by atoms with Gasteiger partial charge in [0.2, 0.25) is 5.91 Å². The van der Waals surface area contributed by atoms with Gasteiger partial charge in [-0.3, -0.25) is 14.6 Å². The van der Waals surface area contributed by atoms with Gasteiger partial charge in [-0.25, -0.2) is 4.98 Å². The zero-order chi connectivity index (χ0) is 22.6. The van der Waals surface area contributed by atoms with Gasteiger partial charge in [-0.1, -0.05) is 54.6 Å². The molecule has 1 fully saturated rings. The minimum atomic E-state index is -0.690. The first-order valence-corrected chi connectivity index (χ1v) is 10.9. The topological polar surface area (TPSA) is 66.4 Å². The summed E-state index contributed by atoms with van der Waals surface area (Å²) in [5.41, 5.74) is 2.98. The summed E-state index contributed by atoms with van der Waals surface area (Å²) >= 11 is 0. The van der Waals surface area contributed by atoms with Crippen molar-refractivity contribution < 1.29 is 9.59 Å². The highest BCUT2D eigenvalue weighted by Gasteiger charge is 2.45. The quantitative estimate of drug-likeness (QED) is 0.622. The summed E-state index contributed by atoms with van der Waals surface area (Å²) in [5, 5.41) is 0. The van der Waals surface area contributed by atoms with Gasteiger partial charge in [0.15, 0.2) is 0 Å². The first kappa shape index (κ1) is 21.7. The summed E-state index contributed by atoms with van der Waals surface area (Å²) in [5.74, 6) is -0.123. The van der Waals surface area contributed by atoms with Crippen molar-refractivity contribution in [1.82, 2.24) is 19.8 Å². The van der Waals surface area contributed by atoms with Gasteiger partial charge >= 0.3 is 0 Å². The molecule has 1 aliphatic heterocycles. The van der Waals surface area contributed by atoms with Crippen LogP contribution in [0.5, 0.6) is 0 Å². The SMILES string of the molecule is CN(C)C(=O)[C@]1(Cc2ccccc2-c2ccccc2)CCCN(C(=O)c2cnccn2)C1. The van der Waals surface area contributed by atoms with E-state index in [0.29, 0.717) is 25.2 Å². The number of likely N-dealkylation sites (tertiary alicyclic amines) is 1. The van der Waals surface area contributed by atoms with Crippen LogP contribution in [0.4, 0.5) is 0 Å². The molecule has 6 nitrogen and oxygen atoms in total. The summed E-state index contributed by atoms with van der Waals surface area (Å²) in [6, 6.07) is 18.5. The Morgan fingerprint density at radius 3 is 2.50 bits per heavy atom. The van der Waals surface area contributed by atoms with Gasteiger partial charge in [0, 0.05) is 39.6 Å². The van der Waals surface area contributed by atoms with Crippen molar-refractivity contribution in [1.29, 1.82) is 0 Å². The number of nitrogens with zero attached hydrogens (tertiary/aromatic N) is 4. The van der Waals surface area contributed by atoms with Crippen LogP contribution in [0.3, 0.4) is 0 Å². The summed E-state index contributed by atoms with van der Waals surface area (Å²) in [7, 11) is 3.58. The van der Waals surface area contributed by atoms with Crippen molar-refractivity contribution in [3.63, 3.8) is 0 Å². The lowest BCUT2D eigenvalue weighted by atomic mass is 9.72. The van der Waals surface area contributed by atoms with Gasteiger partial charge < -0.3 is 9.80 Å². The number of carbonyl (C=O) groups excluding carboxylic acids is 2. The lowest BCUT2D eigenvalue weighted by Crippen LogP contribution is -2.54. The first-order valence-electron chi connectivity index (χ1n) is 10.9. The van der Waals surface area contributed by atoms with Gasteiger partial charge in [-0.15, -0.1) is 0 Å². The molecule has 0 N–H and O–H groups in total. The molecule has 164 valence electrons. The Balaban J connectivity index is 1.70. The van der Waals surface area contributed by atoms with E-state index in [4.69, 9.17) is 0 Å². The highest BCUT2D eigenvalue weighted by Crippen LogP contribution is 2.38. The molecule has 0 unspecified atom stereocenters. The van der Waals surface area contributed by atoms with E-state index in [-0.39, 0.29) is 11.8 Å². The Bertz CT molecular complexity index is 1090. The molecule has 6 heteroatoms. The number of carbonyl (C=O) groups is 2. The van der Waals surface area contributed by atoms with Crippen molar-refractivity contribution in [2.24, 2.45) is 5.41 Å². The molecule has 1 saturated heterocycles. The first-order chi connectivity index (χ1) is 15.5. The third-order valence-electron chi connectivity index (χ3n) is 6.14. The second-order valence-corrected chi connectivity index (χ2v) is 8.60. The molecule has 1 aromatic heterocycles. The van der Waals surface area contributed by atoms with Crippen LogP contribution >= 0.6 is 0 Å². The lowest BCUT2D eigenvalue weighted by molar-refractivity contribution is -0.142. The molecule has 32 heavy (non-hydrogen) atoms. The molecule has 3 aromatic rings. The second kappa shape index (κ2) is 9.30. The van der Waals surface area contributed by atoms with Crippen LogP contribution in [0, 0.1) is 5.41 Å². The maximum atomic E-state index is 13.5. The molecular formula is C26H28N4O2. The zero-order valence-corrected chi connectivity index (χ0v) is 18.6. The Kier molecular flexibility index (Phi) is 6.30. The zero-order valence-electron chi connectivity index (χ0n) is 18.6. The van der Waals surface area contributed by atoms with E-state index in [1.165, 1.54) is 12.4 Å². The van der Waals surface area contributed by atoms with E-state index in [2.05, 4.69) is 34.2 Å². The fourth-order valence-corrected chi connectivity index (χ4v) is 4.68. The second-order valence-electron chi connectivity index (χ2n) is 8.60. The van der Waals surface area contributed by atoms with Gasteiger partial charge in [-0.05, 0) is 36.0 Å². The van der Waals surface area contributed by atoms with E-state index in [1.807, 2.05) is 30.3 Å². The number of aromatic nitrogens is 2. The van der Waals surface area contributed by atoms with Crippen LogP contribution in [-0.4, -0.2) is 58.8 Å². The predicted molar refractivity (Wildman–Crippen MR) is 124 cm³/mol. The van der Waals surface area contributed by atoms with E-state index >= 15 is 0 Å². The molecule has 0 saturated carbocycles. The van der Waals surface area contributed by atoms with Gasteiger partial charge in [-0.2, -0.15) is 0 Å². The van der Waals surface area contributed by atoms with Gasteiger partial charge in [0.05, 0.1) is 11.6 Å². The Labute approximate surface area is 188 Å². The summed E-state index contributed by atoms with van der Waals surface area (Å²) < 4.78 is 0. The van der Waals surface area contributed by atoms with E-state index in [0.717, 1.165) is 29.5 Å². The van der Waals surface area contributed by atoms with E-state index in [9.17, 15) is 9.59 Å². The molecule has 0 aliphatic carbocycles. The average molecular weight is 429 g/mol. The summed E-state index contributed by atoms with van der Waals surface area (Å²) in [4.78, 5) is 38.3. The van der Waals surface area contributed by atoms with Crippen molar-refractivity contribution in [2.75, 3.05) is 27.2 Å². The lowest BCUT2D eigenvalue weighted by Gasteiger charge is -2.43. The molecule has 4 rings (SSSR count). The van der Waals surface area contributed by atoms with Crippen LogP contribution in [0.1, 0.15) is 28.9 Å². The number of rotatable bonds is 5. The predicted octanol–water partition coefficient (Wildman–Crippen LogP) is 3.70. The Morgan fingerprint density at radius 2 is 1.78 bits per heavy atom. The highest BCUT2D eigenvalue weighted by molar-refractivity contribution is 5.93. The molecule has 0 spiro atoms.